The number of carbonyl (C=O) groups excluding carboxylic acids is 1. The van der Waals surface area contributed by atoms with Gasteiger partial charge in [-0.2, -0.15) is 0 Å². The molecule has 0 saturated heterocycles. The van der Waals surface area contributed by atoms with E-state index in [4.69, 9.17) is 14.2 Å². The highest BCUT2D eigenvalue weighted by Crippen LogP contribution is 2.27. The van der Waals surface area contributed by atoms with Crippen LogP contribution in [0.25, 0.3) is 16.9 Å². The van der Waals surface area contributed by atoms with Gasteiger partial charge in [-0.15, -0.1) is 5.10 Å². The summed E-state index contributed by atoms with van der Waals surface area (Å²) in [6.07, 6.45) is 0.598. The van der Waals surface area contributed by atoms with Crippen LogP contribution in [0.4, 0.5) is 0 Å². The molecule has 0 aliphatic heterocycles. The number of nitrogens with one attached hydrogen (secondary N) is 1. The first kappa shape index (κ1) is 23.8. The third kappa shape index (κ3) is 5.11. The van der Waals surface area contributed by atoms with Gasteiger partial charge in [-0.05, 0) is 55.3 Å². The molecule has 0 aliphatic carbocycles. The van der Waals surface area contributed by atoms with Crippen LogP contribution in [0.5, 0.6) is 17.2 Å². The molecule has 0 aliphatic rings. The molecule has 10 nitrogen and oxygen atoms in total. The molecule has 10 heteroatoms. The number of methoxy groups -OCH3 is 3. The molecule has 2 aromatic heterocycles. The molecule has 0 saturated carbocycles. The van der Waals surface area contributed by atoms with Crippen LogP contribution in [0.2, 0.25) is 0 Å². The number of benzene rings is 2. The molecule has 1 N–H and O–H groups in total. The van der Waals surface area contributed by atoms with Gasteiger partial charge in [0.2, 0.25) is 5.91 Å². The van der Waals surface area contributed by atoms with Crippen LogP contribution < -0.4 is 25.2 Å². The predicted molar refractivity (Wildman–Crippen MR) is 130 cm³/mol. The van der Waals surface area contributed by atoms with Crippen LogP contribution in [0.3, 0.4) is 0 Å². The van der Waals surface area contributed by atoms with E-state index in [1.807, 2.05) is 42.5 Å². The van der Waals surface area contributed by atoms with Crippen molar-refractivity contribution in [3.63, 3.8) is 0 Å². The van der Waals surface area contributed by atoms with Gasteiger partial charge in [0, 0.05) is 18.2 Å². The van der Waals surface area contributed by atoms with Crippen LogP contribution in [-0.4, -0.2) is 52.9 Å². The Labute approximate surface area is 202 Å². The zero-order chi connectivity index (χ0) is 24.9. The lowest BCUT2D eigenvalue weighted by atomic mass is 10.1. The first-order valence-corrected chi connectivity index (χ1v) is 11.0. The summed E-state index contributed by atoms with van der Waals surface area (Å²) in [4.78, 5) is 29.9. The van der Waals surface area contributed by atoms with Crippen molar-refractivity contribution < 1.29 is 19.0 Å². The SMILES string of the molecule is COc1ccc(-c2cc3nn(CC(=O)NCCc4ccc(OC)c(OC)c4)c(=O)n3c(C)n2)cc1. The van der Waals surface area contributed by atoms with Gasteiger partial charge in [0.15, 0.2) is 17.1 Å². The van der Waals surface area contributed by atoms with Gasteiger partial charge in [0.25, 0.3) is 0 Å². The molecule has 0 unspecified atom stereocenters. The third-order valence-corrected chi connectivity index (χ3v) is 5.60. The Morgan fingerprint density at radius 1 is 0.971 bits per heavy atom. The Morgan fingerprint density at radius 2 is 1.71 bits per heavy atom. The lowest BCUT2D eigenvalue weighted by molar-refractivity contribution is -0.121. The average molecular weight is 478 g/mol. The molecule has 4 rings (SSSR count). The van der Waals surface area contributed by atoms with E-state index in [0.29, 0.717) is 41.6 Å². The Bertz CT molecular complexity index is 1410. The zero-order valence-electron chi connectivity index (χ0n) is 20.1. The minimum atomic E-state index is -0.415. The molecular weight excluding hydrogens is 450 g/mol. The van der Waals surface area contributed by atoms with Gasteiger partial charge < -0.3 is 19.5 Å². The van der Waals surface area contributed by atoms with E-state index in [1.165, 1.54) is 4.40 Å². The summed E-state index contributed by atoms with van der Waals surface area (Å²) in [5, 5.41) is 7.18. The summed E-state index contributed by atoms with van der Waals surface area (Å²) in [6, 6.07) is 14.8. The number of aryl methyl sites for hydroxylation is 1. The monoisotopic (exact) mass is 477 g/mol. The number of amides is 1. The van der Waals surface area contributed by atoms with Gasteiger partial charge in [-0.25, -0.2) is 18.9 Å². The highest BCUT2D eigenvalue weighted by atomic mass is 16.5. The molecule has 35 heavy (non-hydrogen) atoms. The second-order valence-electron chi connectivity index (χ2n) is 7.84. The number of hydrogen-bond donors (Lipinski definition) is 1. The normalized spacial score (nSPS) is 10.9. The number of nitrogens with zero attached hydrogens (tertiary/aromatic N) is 4. The predicted octanol–water partition coefficient (Wildman–Crippen LogP) is 2.25. The lowest BCUT2D eigenvalue weighted by Crippen LogP contribution is -2.34. The number of carbonyl (C=O) groups is 1. The summed E-state index contributed by atoms with van der Waals surface area (Å²) in [5.74, 6) is 2.19. The summed E-state index contributed by atoms with van der Waals surface area (Å²) in [5.41, 5.74) is 2.54. The summed E-state index contributed by atoms with van der Waals surface area (Å²) < 4.78 is 18.3. The Balaban J connectivity index is 1.45. The van der Waals surface area contributed by atoms with Gasteiger partial charge >= 0.3 is 5.69 Å². The number of fused-ring (bicyclic) bond motifs is 1. The van der Waals surface area contributed by atoms with E-state index in [1.54, 1.807) is 34.3 Å². The number of aromatic nitrogens is 4. The summed E-state index contributed by atoms with van der Waals surface area (Å²) in [7, 11) is 4.76. The first-order chi connectivity index (χ1) is 16.9. The minimum Gasteiger partial charge on any atom is -0.497 e. The maximum absolute atomic E-state index is 12.8. The van der Waals surface area contributed by atoms with E-state index in [-0.39, 0.29) is 12.5 Å². The smallest absolute Gasteiger partial charge is 0.352 e. The maximum atomic E-state index is 12.8. The molecule has 0 radical (unpaired) electrons. The molecule has 2 heterocycles. The second-order valence-corrected chi connectivity index (χ2v) is 7.84. The van der Waals surface area contributed by atoms with Crippen molar-refractivity contribution in [2.75, 3.05) is 27.9 Å². The second kappa shape index (κ2) is 10.3. The molecule has 4 aromatic rings. The van der Waals surface area contributed by atoms with Crippen molar-refractivity contribution in [1.82, 2.24) is 24.5 Å². The Hall–Kier alpha value is -4.34. The van der Waals surface area contributed by atoms with Crippen LogP contribution in [-0.2, 0) is 17.8 Å². The molecular formula is C25H27N5O5. The van der Waals surface area contributed by atoms with Crippen molar-refractivity contribution in [3.8, 4) is 28.5 Å². The van der Waals surface area contributed by atoms with Gasteiger partial charge in [0.1, 0.15) is 18.1 Å². The molecule has 1 amide bonds. The summed E-state index contributed by atoms with van der Waals surface area (Å²) >= 11 is 0. The van der Waals surface area contributed by atoms with Gasteiger partial charge in [-0.3, -0.25) is 4.79 Å². The van der Waals surface area contributed by atoms with Crippen LogP contribution >= 0.6 is 0 Å². The van der Waals surface area contributed by atoms with Crippen LogP contribution in [0.15, 0.2) is 53.3 Å². The Kier molecular flexibility index (Phi) is 7.00. The number of hydrogen-bond acceptors (Lipinski definition) is 7. The molecule has 2 aromatic carbocycles. The van der Waals surface area contributed by atoms with E-state index >= 15 is 0 Å². The van der Waals surface area contributed by atoms with Gasteiger partial charge in [0.05, 0.1) is 27.0 Å². The largest absolute Gasteiger partial charge is 0.497 e. The standard InChI is InChI=1S/C25H27N5O5/c1-16-27-20(18-6-8-19(33-2)9-7-18)14-23-28-29(25(32)30(16)23)15-24(31)26-12-11-17-5-10-21(34-3)22(13-17)35-4/h5-10,13-14H,11-12,15H2,1-4H3,(H,26,31). The molecule has 0 bridgehead atoms. The van der Waals surface area contributed by atoms with Crippen molar-refractivity contribution in [1.29, 1.82) is 0 Å². The zero-order valence-corrected chi connectivity index (χ0v) is 20.1. The van der Waals surface area contributed by atoms with Crippen LogP contribution in [0, 0.1) is 6.92 Å². The van der Waals surface area contributed by atoms with Crippen molar-refractivity contribution in [3.05, 3.63) is 70.4 Å². The quantitative estimate of drug-likeness (QED) is 0.394. The first-order valence-electron chi connectivity index (χ1n) is 11.0. The molecule has 0 atom stereocenters. The van der Waals surface area contributed by atoms with E-state index in [9.17, 15) is 9.59 Å². The van der Waals surface area contributed by atoms with Crippen LogP contribution in [0.1, 0.15) is 11.4 Å². The fourth-order valence-electron chi connectivity index (χ4n) is 3.79. The number of ether oxygens (including phenoxy) is 3. The molecule has 0 fully saturated rings. The average Bonchev–Trinajstić information content (AvgIpc) is 3.19. The van der Waals surface area contributed by atoms with E-state index < -0.39 is 5.69 Å². The van der Waals surface area contributed by atoms with Crippen molar-refractivity contribution >= 4 is 11.6 Å². The third-order valence-electron chi connectivity index (χ3n) is 5.60. The molecule has 0 spiro atoms. The molecule has 182 valence electrons. The summed E-state index contributed by atoms with van der Waals surface area (Å²) in [6.45, 7) is 1.94. The van der Waals surface area contributed by atoms with E-state index in [2.05, 4.69) is 15.4 Å². The number of rotatable bonds is 9. The lowest BCUT2D eigenvalue weighted by Gasteiger charge is -2.10. The Morgan fingerprint density at radius 3 is 2.40 bits per heavy atom. The van der Waals surface area contributed by atoms with Gasteiger partial charge in [-0.1, -0.05) is 6.07 Å². The maximum Gasteiger partial charge on any atom is 0.352 e. The van der Waals surface area contributed by atoms with Crippen molar-refractivity contribution in [2.45, 2.75) is 19.9 Å². The van der Waals surface area contributed by atoms with E-state index in [0.717, 1.165) is 21.6 Å². The highest BCUT2D eigenvalue weighted by Gasteiger charge is 2.15. The van der Waals surface area contributed by atoms with Crippen molar-refractivity contribution in [2.24, 2.45) is 0 Å². The topological polar surface area (TPSA) is 109 Å². The fraction of sp³-hybridized carbons (Fsp3) is 0.280. The minimum absolute atomic E-state index is 0.191. The fourth-order valence-corrected chi connectivity index (χ4v) is 3.79. The highest BCUT2D eigenvalue weighted by molar-refractivity contribution is 5.75.